The van der Waals surface area contributed by atoms with Gasteiger partial charge in [0, 0.05) is 23.3 Å². The highest BCUT2D eigenvalue weighted by molar-refractivity contribution is 6.28. The van der Waals surface area contributed by atoms with Gasteiger partial charge in [0.2, 0.25) is 5.28 Å². The van der Waals surface area contributed by atoms with Crippen molar-refractivity contribution in [1.82, 2.24) is 14.5 Å². The lowest BCUT2D eigenvalue weighted by Crippen LogP contribution is -2.26. The fourth-order valence-corrected chi connectivity index (χ4v) is 2.67. The Morgan fingerprint density at radius 2 is 2.08 bits per heavy atom. The van der Waals surface area contributed by atoms with Crippen LogP contribution in [0.2, 0.25) is 5.28 Å². The van der Waals surface area contributed by atoms with Crippen LogP contribution in [0.4, 0.5) is 4.79 Å². The van der Waals surface area contributed by atoms with Crippen LogP contribution >= 0.6 is 11.6 Å². The van der Waals surface area contributed by atoms with Crippen LogP contribution in [-0.4, -0.2) is 26.2 Å². The van der Waals surface area contributed by atoms with Crippen molar-refractivity contribution in [2.24, 2.45) is 0 Å². The van der Waals surface area contributed by atoms with Gasteiger partial charge in [0.05, 0.1) is 16.8 Å². The molecule has 7 heteroatoms. The lowest BCUT2D eigenvalue weighted by Gasteiger charge is -2.19. The van der Waals surface area contributed by atoms with Crippen molar-refractivity contribution < 1.29 is 9.53 Å². The van der Waals surface area contributed by atoms with Gasteiger partial charge in [-0.15, -0.1) is 0 Å². The Bertz CT molecular complexity index is 1010. The molecule has 0 aliphatic rings. The molecule has 3 aromatic rings. The van der Waals surface area contributed by atoms with E-state index in [1.165, 1.54) is 10.8 Å². The zero-order valence-corrected chi connectivity index (χ0v) is 14.7. The van der Waals surface area contributed by atoms with E-state index in [0.29, 0.717) is 27.7 Å². The number of nitrogens with zero attached hydrogens (tertiary/aromatic N) is 4. The van der Waals surface area contributed by atoms with Crippen LogP contribution in [-0.2, 0) is 4.74 Å². The van der Waals surface area contributed by atoms with E-state index in [1.54, 1.807) is 45.2 Å². The van der Waals surface area contributed by atoms with Crippen molar-refractivity contribution in [1.29, 1.82) is 5.26 Å². The molecule has 1 aromatic carbocycles. The van der Waals surface area contributed by atoms with E-state index in [0.717, 1.165) is 0 Å². The predicted octanol–water partition coefficient (Wildman–Crippen LogP) is 4.41. The summed E-state index contributed by atoms with van der Waals surface area (Å²) in [5, 5.41) is 10.2. The average Bonchev–Trinajstić information content (AvgIpc) is 2.93. The maximum atomic E-state index is 12.6. The fraction of sp³-hybridized carbons (Fsp3) is 0.222. The van der Waals surface area contributed by atoms with Gasteiger partial charge in [-0.25, -0.2) is 14.8 Å². The highest BCUT2D eigenvalue weighted by Gasteiger charge is 2.23. The summed E-state index contributed by atoms with van der Waals surface area (Å²) in [6.45, 7) is 5.35. The highest BCUT2D eigenvalue weighted by atomic mass is 35.5. The number of carbonyl (C=O) groups excluding carboxylic acids is 1. The monoisotopic (exact) mass is 354 g/mol. The van der Waals surface area contributed by atoms with Crippen LogP contribution in [0.25, 0.3) is 22.2 Å². The maximum absolute atomic E-state index is 12.6. The van der Waals surface area contributed by atoms with E-state index in [1.807, 2.05) is 6.07 Å². The Hall–Kier alpha value is -2.91. The Morgan fingerprint density at radius 1 is 1.32 bits per heavy atom. The second-order valence-electron chi connectivity index (χ2n) is 6.42. The molecule has 0 N–H and O–H groups in total. The van der Waals surface area contributed by atoms with Gasteiger partial charge in [-0.05, 0) is 44.5 Å². The van der Waals surface area contributed by atoms with Gasteiger partial charge in [0.15, 0.2) is 0 Å². The van der Waals surface area contributed by atoms with Crippen LogP contribution in [0.1, 0.15) is 26.3 Å². The van der Waals surface area contributed by atoms with Crippen molar-refractivity contribution in [2.45, 2.75) is 26.4 Å². The van der Waals surface area contributed by atoms with Crippen molar-refractivity contribution in [2.75, 3.05) is 0 Å². The molecule has 0 amide bonds. The minimum atomic E-state index is -0.659. The first-order chi connectivity index (χ1) is 11.8. The lowest BCUT2D eigenvalue weighted by atomic mass is 10.1. The molecule has 0 atom stereocenters. The van der Waals surface area contributed by atoms with E-state index in [2.05, 4.69) is 16.0 Å². The molecular formula is C18H15ClN4O2. The summed E-state index contributed by atoms with van der Waals surface area (Å²) >= 11 is 5.89. The Balaban J connectivity index is 2.27. The highest BCUT2D eigenvalue weighted by Crippen LogP contribution is 2.32. The van der Waals surface area contributed by atoms with Crippen LogP contribution in [0.15, 0.2) is 36.7 Å². The quantitative estimate of drug-likeness (QED) is 0.605. The molecule has 126 valence electrons. The van der Waals surface area contributed by atoms with Crippen molar-refractivity contribution >= 4 is 28.6 Å². The molecule has 0 bridgehead atoms. The lowest BCUT2D eigenvalue weighted by molar-refractivity contribution is 0.0544. The molecule has 25 heavy (non-hydrogen) atoms. The minimum absolute atomic E-state index is 0.104. The largest absolute Gasteiger partial charge is 0.443 e. The molecule has 0 unspecified atom stereocenters. The Labute approximate surface area is 149 Å². The first kappa shape index (κ1) is 16.9. The normalized spacial score (nSPS) is 11.3. The summed E-state index contributed by atoms with van der Waals surface area (Å²) in [6, 6.07) is 9.04. The van der Waals surface area contributed by atoms with Crippen LogP contribution < -0.4 is 0 Å². The van der Waals surface area contributed by atoms with Crippen LogP contribution in [0.5, 0.6) is 0 Å². The van der Waals surface area contributed by atoms with Gasteiger partial charge < -0.3 is 4.74 Å². The molecule has 0 fully saturated rings. The van der Waals surface area contributed by atoms with Gasteiger partial charge in [-0.1, -0.05) is 12.1 Å². The van der Waals surface area contributed by atoms with Gasteiger partial charge in [-0.3, -0.25) is 4.57 Å². The van der Waals surface area contributed by atoms with E-state index >= 15 is 0 Å². The zero-order valence-electron chi connectivity index (χ0n) is 13.9. The summed E-state index contributed by atoms with van der Waals surface area (Å²) in [5.41, 5.74) is 1.41. The summed E-state index contributed by atoms with van der Waals surface area (Å²) in [6.07, 6.45) is 2.58. The second-order valence-corrected chi connectivity index (χ2v) is 6.76. The number of hydrogen-bond acceptors (Lipinski definition) is 5. The second kappa shape index (κ2) is 6.19. The first-order valence-corrected chi connectivity index (χ1v) is 7.94. The zero-order chi connectivity index (χ0) is 18.2. The number of ether oxygens (including phenoxy) is 1. The standard InChI is InChI=1S/C18H15ClN4O2/c1-18(2,3)25-17(24)23-10-13(14-7-8-21-16(19)22-14)12-6-4-5-11(9-20)15(12)23/h4-8,10H,1-3H3. The van der Waals surface area contributed by atoms with E-state index in [4.69, 9.17) is 16.3 Å². The number of benzene rings is 1. The third kappa shape index (κ3) is 3.32. The third-order valence-electron chi connectivity index (χ3n) is 3.44. The topological polar surface area (TPSA) is 80.8 Å². The molecule has 0 aliphatic heterocycles. The first-order valence-electron chi connectivity index (χ1n) is 7.56. The maximum Gasteiger partial charge on any atom is 0.419 e. The molecule has 6 nitrogen and oxygen atoms in total. The SMILES string of the molecule is CC(C)(C)OC(=O)n1cc(-c2ccnc(Cl)n2)c2cccc(C#N)c21. The number of hydrogen-bond donors (Lipinski definition) is 0. The predicted molar refractivity (Wildman–Crippen MR) is 94.3 cm³/mol. The minimum Gasteiger partial charge on any atom is -0.443 e. The third-order valence-corrected chi connectivity index (χ3v) is 3.62. The molecule has 2 aromatic heterocycles. The molecule has 0 saturated carbocycles. The van der Waals surface area contributed by atoms with Gasteiger partial charge >= 0.3 is 6.09 Å². The molecular weight excluding hydrogens is 340 g/mol. The smallest absolute Gasteiger partial charge is 0.419 e. The number of nitriles is 1. The molecule has 0 aliphatic carbocycles. The Kier molecular flexibility index (Phi) is 4.19. The van der Waals surface area contributed by atoms with Gasteiger partial charge in [0.25, 0.3) is 0 Å². The van der Waals surface area contributed by atoms with Crippen molar-refractivity contribution in [3.05, 3.63) is 47.5 Å². The summed E-state index contributed by atoms with van der Waals surface area (Å²) < 4.78 is 6.80. The molecule has 3 rings (SSSR count). The number of rotatable bonds is 1. The van der Waals surface area contributed by atoms with Crippen LogP contribution in [0, 0.1) is 11.3 Å². The summed E-state index contributed by atoms with van der Waals surface area (Å²) in [4.78, 5) is 20.7. The van der Waals surface area contributed by atoms with Crippen molar-refractivity contribution in [3.63, 3.8) is 0 Å². The van der Waals surface area contributed by atoms with Crippen LogP contribution in [0.3, 0.4) is 0 Å². The van der Waals surface area contributed by atoms with E-state index in [-0.39, 0.29) is 5.28 Å². The molecule has 0 saturated heterocycles. The van der Waals surface area contributed by atoms with Gasteiger partial charge in [0.1, 0.15) is 11.7 Å². The average molecular weight is 355 g/mol. The number of carbonyl (C=O) groups is 1. The number of halogens is 1. The number of aromatic nitrogens is 3. The molecule has 0 radical (unpaired) electrons. The molecule has 2 heterocycles. The molecule has 0 spiro atoms. The fourth-order valence-electron chi connectivity index (χ4n) is 2.52. The number of para-hydroxylation sites is 1. The van der Waals surface area contributed by atoms with E-state index < -0.39 is 11.7 Å². The Morgan fingerprint density at radius 3 is 2.72 bits per heavy atom. The summed E-state index contributed by atoms with van der Waals surface area (Å²) in [7, 11) is 0. The van der Waals surface area contributed by atoms with Crippen molar-refractivity contribution in [3.8, 4) is 17.3 Å². The summed E-state index contributed by atoms with van der Waals surface area (Å²) in [5.74, 6) is 0. The van der Waals surface area contributed by atoms with Gasteiger partial charge in [-0.2, -0.15) is 5.26 Å². The van der Waals surface area contributed by atoms with E-state index in [9.17, 15) is 10.1 Å². The number of fused-ring (bicyclic) bond motifs is 1.